The van der Waals surface area contributed by atoms with Crippen LogP contribution in [0.4, 0.5) is 4.39 Å². The Morgan fingerprint density at radius 3 is 2.73 bits per heavy atom. The van der Waals surface area contributed by atoms with Gasteiger partial charge in [0, 0.05) is 66.8 Å². The van der Waals surface area contributed by atoms with E-state index in [9.17, 15) is 9.18 Å². The minimum atomic E-state index is -0.310. The van der Waals surface area contributed by atoms with Crippen molar-refractivity contribution in [1.29, 1.82) is 0 Å². The summed E-state index contributed by atoms with van der Waals surface area (Å²) in [5, 5.41) is 11.7. The molecule has 41 heavy (non-hydrogen) atoms. The van der Waals surface area contributed by atoms with Crippen molar-refractivity contribution in [2.45, 2.75) is 58.7 Å². The first-order valence-corrected chi connectivity index (χ1v) is 14.3. The molecule has 9 heteroatoms. The number of amides is 1. The Kier molecular flexibility index (Phi) is 10.4. The van der Waals surface area contributed by atoms with Gasteiger partial charge in [0.15, 0.2) is 0 Å². The van der Waals surface area contributed by atoms with E-state index < -0.39 is 0 Å². The van der Waals surface area contributed by atoms with Crippen molar-refractivity contribution in [2.75, 3.05) is 27.3 Å². The van der Waals surface area contributed by atoms with Crippen LogP contribution in [0.3, 0.4) is 0 Å². The Morgan fingerprint density at radius 2 is 1.98 bits per heavy atom. The van der Waals surface area contributed by atoms with Gasteiger partial charge in [-0.05, 0) is 55.3 Å². The predicted octanol–water partition coefficient (Wildman–Crippen LogP) is 5.77. The molecule has 1 aliphatic rings. The molecule has 0 saturated carbocycles. The molecule has 0 bridgehead atoms. The van der Waals surface area contributed by atoms with E-state index in [1.807, 2.05) is 32.0 Å². The summed E-state index contributed by atoms with van der Waals surface area (Å²) in [5.74, 6) is 0.0284. The molecule has 0 radical (unpaired) electrons. The number of aromatic nitrogens is 3. The first-order valence-electron chi connectivity index (χ1n) is 14.3. The molecule has 1 fully saturated rings. The highest BCUT2D eigenvalue weighted by molar-refractivity contribution is 6.01. The van der Waals surface area contributed by atoms with Gasteiger partial charge in [0.05, 0.1) is 18.7 Å². The molecule has 1 aliphatic heterocycles. The highest BCUT2D eigenvalue weighted by Crippen LogP contribution is 2.28. The van der Waals surface area contributed by atoms with Gasteiger partial charge < -0.3 is 14.8 Å². The summed E-state index contributed by atoms with van der Waals surface area (Å²) < 4.78 is 25.6. The summed E-state index contributed by atoms with van der Waals surface area (Å²) >= 11 is 0. The molecule has 218 valence electrons. The van der Waals surface area contributed by atoms with Crippen molar-refractivity contribution >= 4 is 16.8 Å². The number of aromatic amines is 1. The van der Waals surface area contributed by atoms with E-state index in [1.54, 1.807) is 31.5 Å². The standard InChI is InChI=1S/C30H34FN5O3.C2H6/c1-4-6-21-13-19(11-12-32-21)29-24-14-20(9-10-27(24)34-35-29)30(37)33-22-15-23(38-2)17-36(16-22)18-25-26(31)7-5-8-28(25)39-3;1-2/h5,7-14,22-23H,4,6,15-18H2,1-3H3,(H,33,37)(H,34,35);1-2H3. The van der Waals surface area contributed by atoms with Crippen LogP contribution in [-0.2, 0) is 17.7 Å². The number of benzene rings is 2. The lowest BCUT2D eigenvalue weighted by Gasteiger charge is -2.37. The number of carbonyl (C=O) groups excluding carboxylic acids is 1. The van der Waals surface area contributed by atoms with E-state index in [-0.39, 0.29) is 23.9 Å². The van der Waals surface area contributed by atoms with Gasteiger partial charge in [0.2, 0.25) is 0 Å². The van der Waals surface area contributed by atoms with Crippen molar-refractivity contribution in [3.63, 3.8) is 0 Å². The number of hydrogen-bond acceptors (Lipinski definition) is 6. The molecule has 2 unspecified atom stereocenters. The van der Waals surface area contributed by atoms with E-state index in [1.165, 1.54) is 13.2 Å². The maximum atomic E-state index is 14.6. The zero-order valence-corrected chi connectivity index (χ0v) is 24.5. The number of H-pyrrole nitrogens is 1. The Balaban J connectivity index is 0.00000189. The summed E-state index contributed by atoms with van der Waals surface area (Å²) in [4.78, 5) is 19.9. The molecule has 1 saturated heterocycles. The highest BCUT2D eigenvalue weighted by atomic mass is 19.1. The molecule has 5 rings (SSSR count). The number of methoxy groups -OCH3 is 2. The van der Waals surface area contributed by atoms with Gasteiger partial charge in [0.25, 0.3) is 5.91 Å². The highest BCUT2D eigenvalue weighted by Gasteiger charge is 2.30. The Labute approximate surface area is 241 Å². The third kappa shape index (κ3) is 7.10. The molecular weight excluding hydrogens is 521 g/mol. The number of piperidine rings is 1. The van der Waals surface area contributed by atoms with Crippen LogP contribution in [0.2, 0.25) is 0 Å². The number of nitrogens with one attached hydrogen (secondary N) is 2. The smallest absolute Gasteiger partial charge is 0.251 e. The van der Waals surface area contributed by atoms with Crippen LogP contribution >= 0.6 is 0 Å². The quantitative estimate of drug-likeness (QED) is 0.270. The van der Waals surface area contributed by atoms with E-state index in [0.717, 1.165) is 40.7 Å². The SMILES string of the molecule is CC.CCCc1cc(-c2n[nH]c3ccc(C(=O)NC4CC(OC)CN(Cc5c(F)cccc5OC)C4)cc23)ccn1. The summed E-state index contributed by atoms with van der Waals surface area (Å²) in [6.45, 7) is 7.69. The van der Waals surface area contributed by atoms with Gasteiger partial charge in [-0.25, -0.2) is 4.39 Å². The molecule has 1 amide bonds. The van der Waals surface area contributed by atoms with Crippen molar-refractivity contribution in [3.05, 3.63) is 77.4 Å². The number of rotatable bonds is 9. The maximum Gasteiger partial charge on any atom is 0.251 e. The predicted molar refractivity (Wildman–Crippen MR) is 160 cm³/mol. The molecule has 3 heterocycles. The van der Waals surface area contributed by atoms with Crippen molar-refractivity contribution in [2.24, 2.45) is 0 Å². The number of ether oxygens (including phenoxy) is 2. The van der Waals surface area contributed by atoms with Crippen LogP contribution in [0, 0.1) is 5.82 Å². The third-order valence-corrected chi connectivity index (χ3v) is 7.26. The zero-order valence-electron chi connectivity index (χ0n) is 24.5. The average molecular weight is 562 g/mol. The number of likely N-dealkylation sites (tertiary alicyclic amines) is 1. The van der Waals surface area contributed by atoms with Crippen molar-refractivity contribution in [3.8, 4) is 17.0 Å². The number of carbonyl (C=O) groups is 1. The molecule has 2 N–H and O–H groups in total. The molecule has 0 aliphatic carbocycles. The van der Waals surface area contributed by atoms with Crippen LogP contribution in [0.1, 0.15) is 55.2 Å². The molecule has 0 spiro atoms. The topological polar surface area (TPSA) is 92.4 Å². The van der Waals surface area contributed by atoms with Crippen LogP contribution < -0.4 is 10.1 Å². The summed E-state index contributed by atoms with van der Waals surface area (Å²) in [5.41, 5.74) is 4.68. The third-order valence-electron chi connectivity index (χ3n) is 7.26. The second-order valence-corrected chi connectivity index (χ2v) is 10.00. The number of nitrogens with zero attached hydrogens (tertiary/aromatic N) is 3. The largest absolute Gasteiger partial charge is 0.496 e. The number of aryl methyl sites for hydroxylation is 1. The second-order valence-electron chi connectivity index (χ2n) is 10.00. The molecule has 2 aromatic carbocycles. The van der Waals surface area contributed by atoms with Crippen LogP contribution in [0.5, 0.6) is 5.75 Å². The molecule has 8 nitrogen and oxygen atoms in total. The van der Waals surface area contributed by atoms with Crippen LogP contribution in [0.25, 0.3) is 22.2 Å². The normalized spacial score (nSPS) is 17.1. The minimum absolute atomic E-state index is 0.0891. The Morgan fingerprint density at radius 1 is 1.15 bits per heavy atom. The lowest BCUT2D eigenvalue weighted by Crippen LogP contribution is -2.52. The molecule has 2 aromatic heterocycles. The van der Waals surface area contributed by atoms with Gasteiger partial charge in [-0.15, -0.1) is 0 Å². The second kappa shape index (κ2) is 14.2. The van der Waals surface area contributed by atoms with Gasteiger partial charge >= 0.3 is 0 Å². The monoisotopic (exact) mass is 561 g/mol. The first-order chi connectivity index (χ1) is 20.0. The molecule has 4 aromatic rings. The molecular formula is C32H40FN5O3. The van der Waals surface area contributed by atoms with Gasteiger partial charge in [-0.1, -0.05) is 33.3 Å². The Bertz CT molecular complexity index is 1460. The van der Waals surface area contributed by atoms with E-state index in [2.05, 4.69) is 38.4 Å². The number of pyridine rings is 1. The average Bonchev–Trinajstić information content (AvgIpc) is 3.43. The van der Waals surface area contributed by atoms with E-state index in [0.29, 0.717) is 42.9 Å². The van der Waals surface area contributed by atoms with E-state index >= 15 is 0 Å². The molecule has 2 atom stereocenters. The number of fused-ring (bicyclic) bond motifs is 1. The Hall–Kier alpha value is -3.82. The van der Waals surface area contributed by atoms with Crippen LogP contribution in [0.15, 0.2) is 54.7 Å². The van der Waals surface area contributed by atoms with Crippen LogP contribution in [-0.4, -0.2) is 65.4 Å². The fourth-order valence-corrected chi connectivity index (χ4v) is 5.31. The van der Waals surface area contributed by atoms with Gasteiger partial charge in [0.1, 0.15) is 17.3 Å². The first kappa shape index (κ1) is 30.1. The fraction of sp³-hybridized carbons (Fsp3) is 0.406. The van der Waals surface area contributed by atoms with Gasteiger partial charge in [-0.3, -0.25) is 19.8 Å². The van der Waals surface area contributed by atoms with Gasteiger partial charge in [-0.2, -0.15) is 5.10 Å². The summed E-state index contributed by atoms with van der Waals surface area (Å²) in [6.07, 6.45) is 4.29. The minimum Gasteiger partial charge on any atom is -0.496 e. The number of halogens is 1. The lowest BCUT2D eigenvalue weighted by atomic mass is 10.0. The lowest BCUT2D eigenvalue weighted by molar-refractivity contribution is 0.0140. The van der Waals surface area contributed by atoms with Crippen molar-refractivity contribution in [1.82, 2.24) is 25.4 Å². The summed E-state index contributed by atoms with van der Waals surface area (Å²) in [6, 6.07) is 14.2. The summed E-state index contributed by atoms with van der Waals surface area (Å²) in [7, 11) is 3.20. The number of hydrogen-bond donors (Lipinski definition) is 2. The van der Waals surface area contributed by atoms with E-state index in [4.69, 9.17) is 9.47 Å². The maximum absolute atomic E-state index is 14.6. The fourth-order valence-electron chi connectivity index (χ4n) is 5.31. The van der Waals surface area contributed by atoms with Crippen molar-refractivity contribution < 1.29 is 18.7 Å². The zero-order chi connectivity index (χ0) is 29.4.